The van der Waals surface area contributed by atoms with E-state index in [1.54, 1.807) is 4.57 Å². The average molecular weight is 297 g/mol. The van der Waals surface area contributed by atoms with E-state index in [-0.39, 0.29) is 6.54 Å². The highest BCUT2D eigenvalue weighted by Gasteiger charge is 2.19. The molecule has 3 rings (SSSR count). The summed E-state index contributed by atoms with van der Waals surface area (Å²) in [5.41, 5.74) is 3.22. The summed E-state index contributed by atoms with van der Waals surface area (Å²) in [5.74, 6) is -0.177. The number of carbonyl (C=O) groups is 1. The maximum atomic E-state index is 11.1. The van der Waals surface area contributed by atoms with Crippen molar-refractivity contribution in [1.29, 1.82) is 0 Å². The molecule has 0 atom stereocenters. The molecule has 6 nitrogen and oxygen atoms in total. The zero-order valence-corrected chi connectivity index (χ0v) is 12.3. The molecule has 0 aliphatic rings. The van der Waals surface area contributed by atoms with E-state index in [0.717, 1.165) is 16.8 Å². The van der Waals surface area contributed by atoms with Crippen LogP contribution in [0.2, 0.25) is 0 Å². The molecule has 22 heavy (non-hydrogen) atoms. The summed E-state index contributed by atoms with van der Waals surface area (Å²) in [7, 11) is 0. The molecule has 1 N–H and O–H groups in total. The van der Waals surface area contributed by atoms with Crippen LogP contribution in [0.1, 0.15) is 11.3 Å². The van der Waals surface area contributed by atoms with Crippen molar-refractivity contribution in [2.45, 2.75) is 20.4 Å². The molecule has 6 heteroatoms. The van der Waals surface area contributed by atoms with E-state index in [9.17, 15) is 4.79 Å². The first kappa shape index (κ1) is 14.1. The second-order valence-corrected chi connectivity index (χ2v) is 5.08. The third kappa shape index (κ3) is 2.50. The minimum atomic E-state index is -0.914. The first-order chi connectivity index (χ1) is 10.6. The fourth-order valence-corrected chi connectivity index (χ4v) is 2.49. The number of rotatable bonds is 4. The Morgan fingerprint density at radius 1 is 1.18 bits per heavy atom. The Morgan fingerprint density at radius 3 is 2.55 bits per heavy atom. The van der Waals surface area contributed by atoms with Gasteiger partial charge in [0.25, 0.3) is 5.89 Å². The molecule has 0 spiro atoms. The summed E-state index contributed by atoms with van der Waals surface area (Å²) < 4.78 is 7.40. The van der Waals surface area contributed by atoms with Gasteiger partial charge in [-0.15, -0.1) is 10.2 Å². The van der Waals surface area contributed by atoms with E-state index in [1.807, 2.05) is 50.2 Å². The molecule has 0 unspecified atom stereocenters. The molecule has 0 aliphatic heterocycles. The molecular weight excluding hydrogens is 282 g/mol. The molecule has 0 saturated heterocycles. The first-order valence-electron chi connectivity index (χ1n) is 6.84. The number of nitrogens with zero attached hydrogens (tertiary/aromatic N) is 3. The number of carboxylic acids is 1. The van der Waals surface area contributed by atoms with Crippen molar-refractivity contribution in [3.05, 3.63) is 47.7 Å². The molecule has 0 aliphatic carbocycles. The van der Waals surface area contributed by atoms with Gasteiger partial charge in [0.1, 0.15) is 12.2 Å². The van der Waals surface area contributed by atoms with Gasteiger partial charge in [0.2, 0.25) is 5.89 Å². The molecule has 0 amide bonds. The first-order valence-corrected chi connectivity index (χ1v) is 6.84. The Kier molecular flexibility index (Phi) is 3.50. The molecule has 0 bridgehead atoms. The van der Waals surface area contributed by atoms with E-state index in [4.69, 9.17) is 9.52 Å². The predicted molar refractivity (Wildman–Crippen MR) is 80.3 cm³/mol. The summed E-state index contributed by atoms with van der Waals surface area (Å²) in [4.78, 5) is 11.1. The molecule has 0 radical (unpaired) electrons. The molecule has 112 valence electrons. The van der Waals surface area contributed by atoms with Gasteiger partial charge in [0, 0.05) is 11.3 Å². The van der Waals surface area contributed by atoms with Crippen LogP contribution in [0.15, 0.2) is 40.8 Å². The zero-order valence-electron chi connectivity index (χ0n) is 12.3. The fraction of sp³-hybridized carbons (Fsp3) is 0.188. The van der Waals surface area contributed by atoms with Gasteiger partial charge in [-0.3, -0.25) is 4.79 Å². The molecular formula is C16H15N3O3. The van der Waals surface area contributed by atoms with Crippen molar-refractivity contribution in [1.82, 2.24) is 14.8 Å². The van der Waals surface area contributed by atoms with Gasteiger partial charge in [-0.05, 0) is 37.6 Å². The minimum Gasteiger partial charge on any atom is -0.480 e. The van der Waals surface area contributed by atoms with Crippen molar-refractivity contribution in [3.63, 3.8) is 0 Å². The smallest absolute Gasteiger partial charge is 0.323 e. The minimum absolute atomic E-state index is 0.141. The summed E-state index contributed by atoms with van der Waals surface area (Å²) in [6, 6.07) is 11.4. The summed E-state index contributed by atoms with van der Waals surface area (Å²) in [5, 5.41) is 17.2. The maximum Gasteiger partial charge on any atom is 0.323 e. The number of aryl methyl sites for hydroxylation is 2. The van der Waals surface area contributed by atoms with Crippen molar-refractivity contribution in [2.75, 3.05) is 0 Å². The average Bonchev–Trinajstić information content (AvgIpc) is 3.05. The van der Waals surface area contributed by atoms with Gasteiger partial charge in [0.15, 0.2) is 0 Å². The lowest BCUT2D eigenvalue weighted by atomic mass is 10.2. The van der Waals surface area contributed by atoms with Gasteiger partial charge in [-0.2, -0.15) is 0 Å². The Hall–Kier alpha value is -2.89. The van der Waals surface area contributed by atoms with Gasteiger partial charge < -0.3 is 14.1 Å². The summed E-state index contributed by atoms with van der Waals surface area (Å²) in [6.07, 6.45) is 0. The van der Waals surface area contributed by atoms with Crippen LogP contribution in [0.4, 0.5) is 0 Å². The topological polar surface area (TPSA) is 81.2 Å². The van der Waals surface area contributed by atoms with Crippen LogP contribution < -0.4 is 0 Å². The standard InChI is InChI=1S/C16H15N3O3/c1-10-8-11(2)19(9-13(20)21)14(10)16-18-17-15(22-16)12-6-4-3-5-7-12/h3-8H,9H2,1-2H3,(H,20,21). The Bertz CT molecular complexity index is 819. The monoisotopic (exact) mass is 297 g/mol. The number of hydrogen-bond acceptors (Lipinski definition) is 4. The fourth-order valence-electron chi connectivity index (χ4n) is 2.49. The van der Waals surface area contributed by atoms with Gasteiger partial charge in [-0.25, -0.2) is 0 Å². The molecule has 3 aromatic rings. The predicted octanol–water partition coefficient (Wildman–Crippen LogP) is 2.91. The van der Waals surface area contributed by atoms with Crippen LogP contribution in [-0.2, 0) is 11.3 Å². The molecule has 0 fully saturated rings. The van der Waals surface area contributed by atoms with E-state index in [2.05, 4.69) is 10.2 Å². The van der Waals surface area contributed by atoms with Crippen LogP contribution >= 0.6 is 0 Å². The van der Waals surface area contributed by atoms with E-state index < -0.39 is 5.97 Å². The summed E-state index contributed by atoms with van der Waals surface area (Å²) >= 11 is 0. The van der Waals surface area contributed by atoms with Gasteiger partial charge in [-0.1, -0.05) is 18.2 Å². The Morgan fingerprint density at radius 2 is 1.86 bits per heavy atom. The van der Waals surface area contributed by atoms with Crippen LogP contribution in [0.3, 0.4) is 0 Å². The van der Waals surface area contributed by atoms with Crippen LogP contribution in [0.25, 0.3) is 23.0 Å². The van der Waals surface area contributed by atoms with E-state index in [1.165, 1.54) is 0 Å². The second-order valence-electron chi connectivity index (χ2n) is 5.08. The van der Waals surface area contributed by atoms with Crippen molar-refractivity contribution in [2.24, 2.45) is 0 Å². The highest BCUT2D eigenvalue weighted by atomic mass is 16.4. The molecule has 1 aromatic carbocycles. The number of aliphatic carboxylic acids is 1. The molecule has 2 aromatic heterocycles. The lowest BCUT2D eigenvalue weighted by Gasteiger charge is -2.06. The van der Waals surface area contributed by atoms with Crippen LogP contribution in [0, 0.1) is 13.8 Å². The second kappa shape index (κ2) is 5.48. The quantitative estimate of drug-likeness (QED) is 0.800. The molecule has 2 heterocycles. The highest BCUT2D eigenvalue weighted by Crippen LogP contribution is 2.28. The van der Waals surface area contributed by atoms with E-state index >= 15 is 0 Å². The number of aromatic nitrogens is 3. The lowest BCUT2D eigenvalue weighted by molar-refractivity contribution is -0.137. The third-order valence-electron chi connectivity index (χ3n) is 3.44. The number of benzene rings is 1. The van der Waals surface area contributed by atoms with E-state index in [0.29, 0.717) is 17.5 Å². The van der Waals surface area contributed by atoms with Crippen LogP contribution in [0.5, 0.6) is 0 Å². The largest absolute Gasteiger partial charge is 0.480 e. The Labute approximate surface area is 127 Å². The van der Waals surface area contributed by atoms with Crippen molar-refractivity contribution >= 4 is 5.97 Å². The lowest BCUT2D eigenvalue weighted by Crippen LogP contribution is -2.11. The molecule has 0 saturated carbocycles. The Balaban J connectivity index is 2.06. The van der Waals surface area contributed by atoms with Gasteiger partial charge in [0.05, 0.1) is 0 Å². The number of hydrogen-bond donors (Lipinski definition) is 1. The third-order valence-corrected chi connectivity index (χ3v) is 3.44. The highest BCUT2D eigenvalue weighted by molar-refractivity contribution is 5.69. The van der Waals surface area contributed by atoms with Crippen LogP contribution in [-0.4, -0.2) is 25.8 Å². The van der Waals surface area contributed by atoms with Gasteiger partial charge >= 0.3 is 5.97 Å². The normalized spacial score (nSPS) is 10.8. The van der Waals surface area contributed by atoms with Crippen molar-refractivity contribution < 1.29 is 14.3 Å². The number of carboxylic acid groups (broad SMARTS) is 1. The zero-order chi connectivity index (χ0) is 15.7. The maximum absolute atomic E-state index is 11.1. The van der Waals surface area contributed by atoms with Crippen molar-refractivity contribution in [3.8, 4) is 23.0 Å². The summed E-state index contributed by atoms with van der Waals surface area (Å²) in [6.45, 7) is 3.61. The SMILES string of the molecule is Cc1cc(C)n(CC(=O)O)c1-c1nnc(-c2ccccc2)o1.